The first-order chi connectivity index (χ1) is 36.2. The van der Waals surface area contributed by atoms with Crippen molar-refractivity contribution >= 4 is 39.5 Å². The maximum Gasteiger partial charge on any atom is 0.472 e. The summed E-state index contributed by atoms with van der Waals surface area (Å²) in [7, 11) is -9.87. The second-order valence-electron chi connectivity index (χ2n) is 22.1. The van der Waals surface area contributed by atoms with Gasteiger partial charge in [-0.1, -0.05) is 215 Å². The van der Waals surface area contributed by atoms with Crippen LogP contribution in [0.1, 0.15) is 267 Å². The topological polar surface area (TPSA) is 237 Å². The van der Waals surface area contributed by atoms with Crippen LogP contribution in [-0.4, -0.2) is 96.7 Å². The number of ether oxygens (including phenoxy) is 4. The molecule has 0 aliphatic heterocycles. The Morgan fingerprint density at radius 3 is 0.895 bits per heavy atom. The second kappa shape index (κ2) is 48.9. The van der Waals surface area contributed by atoms with Gasteiger partial charge in [0.25, 0.3) is 0 Å². The number of phosphoric ester groups is 2. The first kappa shape index (κ1) is 74.1. The molecule has 450 valence electrons. The zero-order valence-corrected chi connectivity index (χ0v) is 50.5. The molecule has 0 aliphatic carbocycles. The monoisotopic (exact) mass is 1130 g/mol. The van der Waals surface area contributed by atoms with E-state index in [0.29, 0.717) is 43.4 Å². The van der Waals surface area contributed by atoms with E-state index in [4.69, 9.17) is 37.0 Å². The van der Waals surface area contributed by atoms with Crippen LogP contribution in [0.2, 0.25) is 0 Å². The lowest BCUT2D eigenvalue weighted by Gasteiger charge is -2.21. The van der Waals surface area contributed by atoms with E-state index in [9.17, 15) is 43.2 Å². The molecule has 0 aromatic rings. The summed E-state index contributed by atoms with van der Waals surface area (Å²) in [6.45, 7) is 11.5. The molecule has 0 aromatic heterocycles. The molecule has 0 heterocycles. The molecule has 5 atom stereocenters. The molecule has 17 nitrogen and oxygen atoms in total. The summed E-state index contributed by atoms with van der Waals surface area (Å²) in [6.07, 6.45) is 27.1. The lowest BCUT2D eigenvalue weighted by Crippen LogP contribution is -2.30. The Labute approximate surface area is 460 Å². The van der Waals surface area contributed by atoms with Gasteiger partial charge in [0, 0.05) is 25.7 Å². The minimum absolute atomic E-state index is 0.101. The number of phosphoric acid groups is 2. The van der Waals surface area contributed by atoms with E-state index in [-0.39, 0.29) is 25.7 Å². The van der Waals surface area contributed by atoms with Crippen LogP contribution in [0, 0.1) is 17.8 Å². The van der Waals surface area contributed by atoms with Crippen molar-refractivity contribution in [3.63, 3.8) is 0 Å². The van der Waals surface area contributed by atoms with E-state index >= 15 is 0 Å². The van der Waals surface area contributed by atoms with Gasteiger partial charge in [-0.2, -0.15) is 0 Å². The number of aliphatic hydroxyl groups is 1. The number of rotatable bonds is 55. The van der Waals surface area contributed by atoms with Gasteiger partial charge in [0.05, 0.1) is 26.4 Å². The van der Waals surface area contributed by atoms with Crippen LogP contribution in [0.25, 0.3) is 0 Å². The van der Waals surface area contributed by atoms with E-state index < -0.39 is 97.5 Å². The van der Waals surface area contributed by atoms with E-state index in [0.717, 1.165) is 103 Å². The van der Waals surface area contributed by atoms with Gasteiger partial charge in [-0.05, 0) is 43.4 Å². The number of carbonyl (C=O) groups excluding carboxylic acids is 4. The molecule has 3 N–H and O–H groups in total. The van der Waals surface area contributed by atoms with Crippen molar-refractivity contribution in [1.82, 2.24) is 0 Å². The first-order valence-corrected chi connectivity index (χ1v) is 32.8. The van der Waals surface area contributed by atoms with Gasteiger partial charge in [0.15, 0.2) is 12.2 Å². The Hall–Kier alpha value is -1.94. The summed E-state index contributed by atoms with van der Waals surface area (Å²) >= 11 is 0. The number of unbranched alkanes of at least 4 members (excludes halogenated alkanes) is 23. The van der Waals surface area contributed by atoms with Crippen molar-refractivity contribution in [1.29, 1.82) is 0 Å². The minimum atomic E-state index is -4.94. The predicted molar refractivity (Wildman–Crippen MR) is 298 cm³/mol. The lowest BCUT2D eigenvalue weighted by molar-refractivity contribution is -0.161. The van der Waals surface area contributed by atoms with E-state index in [1.54, 1.807) is 0 Å². The maximum absolute atomic E-state index is 12.9. The average Bonchev–Trinajstić information content (AvgIpc) is 3.36. The fourth-order valence-electron chi connectivity index (χ4n) is 8.24. The standard InChI is InChI=1S/C57H110O17P2/c1-8-9-10-11-12-15-24-31-38-54(59)67-44-53(74-57(62)41-34-27-20-18-23-30-37-50(6)7)47-72-76(65,66)70-43-51(58)42-69-75(63,64)71-46-52(45-68-55(60)39-32-25-19-17-22-29-36-49(4)5)73-56(61)40-33-26-16-13-14-21-28-35-48(2)3/h48-53,58H,8-47H2,1-7H3,(H,63,64)(H,65,66)/t51-,52-,53-/m1/s1. The lowest BCUT2D eigenvalue weighted by atomic mass is 10.0. The van der Waals surface area contributed by atoms with Crippen molar-refractivity contribution in [2.75, 3.05) is 39.6 Å². The fourth-order valence-corrected chi connectivity index (χ4v) is 9.82. The highest BCUT2D eigenvalue weighted by atomic mass is 31.2. The molecule has 2 unspecified atom stereocenters. The van der Waals surface area contributed by atoms with Gasteiger partial charge in [-0.25, -0.2) is 9.13 Å². The van der Waals surface area contributed by atoms with Gasteiger partial charge in [-0.3, -0.25) is 37.3 Å². The summed E-state index contributed by atoms with van der Waals surface area (Å²) in [5.74, 6) is -0.111. The molecule has 0 bridgehead atoms. The third-order valence-corrected chi connectivity index (χ3v) is 14.8. The largest absolute Gasteiger partial charge is 0.472 e. The highest BCUT2D eigenvalue weighted by Gasteiger charge is 2.30. The van der Waals surface area contributed by atoms with Gasteiger partial charge < -0.3 is 33.8 Å². The van der Waals surface area contributed by atoms with Crippen LogP contribution in [-0.2, 0) is 65.4 Å². The Morgan fingerprint density at radius 1 is 0.355 bits per heavy atom. The third-order valence-electron chi connectivity index (χ3n) is 12.9. The van der Waals surface area contributed by atoms with E-state index in [1.807, 2.05) is 0 Å². The number of hydrogen-bond donors (Lipinski definition) is 3. The molecule has 0 radical (unpaired) electrons. The predicted octanol–water partition coefficient (Wildman–Crippen LogP) is 14.8. The van der Waals surface area contributed by atoms with Crippen molar-refractivity contribution in [2.45, 2.75) is 285 Å². The Bertz CT molecular complexity index is 1530. The van der Waals surface area contributed by atoms with Crippen LogP contribution >= 0.6 is 15.6 Å². The highest BCUT2D eigenvalue weighted by molar-refractivity contribution is 7.47. The van der Waals surface area contributed by atoms with Gasteiger partial charge in [0.1, 0.15) is 19.3 Å². The molecule has 76 heavy (non-hydrogen) atoms. The van der Waals surface area contributed by atoms with E-state index in [2.05, 4.69) is 48.5 Å². The molecule has 0 fully saturated rings. The maximum atomic E-state index is 12.9. The molecule has 0 spiro atoms. The summed E-state index contributed by atoms with van der Waals surface area (Å²) in [5, 5.41) is 10.5. The van der Waals surface area contributed by atoms with Gasteiger partial charge in [-0.15, -0.1) is 0 Å². The van der Waals surface area contributed by atoms with Gasteiger partial charge >= 0.3 is 39.5 Å². The zero-order valence-electron chi connectivity index (χ0n) is 48.7. The van der Waals surface area contributed by atoms with Crippen LogP contribution in [0.4, 0.5) is 0 Å². The molecular weight excluding hydrogens is 1020 g/mol. The molecule has 19 heteroatoms. The normalized spacial score (nSPS) is 14.6. The average molecular weight is 1130 g/mol. The third kappa shape index (κ3) is 51.5. The number of carbonyl (C=O) groups is 4. The number of esters is 4. The van der Waals surface area contributed by atoms with Crippen molar-refractivity contribution < 1.29 is 80.2 Å². The fraction of sp³-hybridized carbons (Fsp3) is 0.930. The number of aliphatic hydroxyl groups excluding tert-OH is 1. The summed E-state index contributed by atoms with van der Waals surface area (Å²) in [5.41, 5.74) is 0. The zero-order chi connectivity index (χ0) is 56.7. The molecule has 0 aliphatic rings. The Morgan fingerprint density at radius 2 is 0.605 bits per heavy atom. The summed E-state index contributed by atoms with van der Waals surface area (Å²) < 4.78 is 67.5. The Balaban J connectivity index is 5.23. The molecular formula is C57H110O17P2. The smallest absolute Gasteiger partial charge is 0.462 e. The molecule has 0 saturated heterocycles. The molecule has 0 amide bonds. The second-order valence-corrected chi connectivity index (χ2v) is 25.0. The molecule has 0 saturated carbocycles. The van der Waals surface area contributed by atoms with E-state index in [1.165, 1.54) is 64.2 Å². The summed E-state index contributed by atoms with van der Waals surface area (Å²) in [6, 6.07) is 0. The highest BCUT2D eigenvalue weighted by Crippen LogP contribution is 2.45. The van der Waals surface area contributed by atoms with Crippen molar-refractivity contribution in [3.05, 3.63) is 0 Å². The van der Waals surface area contributed by atoms with Crippen molar-refractivity contribution in [3.8, 4) is 0 Å². The van der Waals surface area contributed by atoms with Crippen LogP contribution in [0.15, 0.2) is 0 Å². The quantitative estimate of drug-likeness (QED) is 0.0222. The Kier molecular flexibility index (Phi) is 47.7. The number of hydrogen-bond acceptors (Lipinski definition) is 15. The van der Waals surface area contributed by atoms with Crippen LogP contribution in [0.5, 0.6) is 0 Å². The van der Waals surface area contributed by atoms with Crippen LogP contribution < -0.4 is 0 Å². The minimum Gasteiger partial charge on any atom is -0.462 e. The molecule has 0 aromatic carbocycles. The van der Waals surface area contributed by atoms with Crippen LogP contribution in [0.3, 0.4) is 0 Å². The first-order valence-electron chi connectivity index (χ1n) is 29.8. The SMILES string of the molecule is CCCCCCCCCCC(=O)OC[C@H](COP(=O)(O)OC[C@H](O)COP(=O)(O)OC[C@@H](COC(=O)CCCCCCCCC(C)C)OC(=O)CCCCCCCCCC(C)C)OC(=O)CCCCCCCCC(C)C. The molecule has 0 rings (SSSR count). The summed E-state index contributed by atoms with van der Waals surface area (Å²) in [4.78, 5) is 71.7. The van der Waals surface area contributed by atoms with Gasteiger partial charge in [0.2, 0.25) is 0 Å². The van der Waals surface area contributed by atoms with Crippen molar-refractivity contribution in [2.24, 2.45) is 17.8 Å².